The maximum atomic E-state index is 13.8. The van der Waals surface area contributed by atoms with Crippen LogP contribution in [0.3, 0.4) is 0 Å². The lowest BCUT2D eigenvalue weighted by atomic mass is 9.83. The third kappa shape index (κ3) is 5.55. The van der Waals surface area contributed by atoms with Crippen molar-refractivity contribution in [1.82, 2.24) is 4.98 Å². The zero-order chi connectivity index (χ0) is 30.5. The fourth-order valence-corrected chi connectivity index (χ4v) is 7.65. The van der Waals surface area contributed by atoms with E-state index in [1.54, 1.807) is 24.3 Å². The predicted molar refractivity (Wildman–Crippen MR) is 151 cm³/mol. The molecule has 2 unspecified atom stereocenters. The van der Waals surface area contributed by atoms with Crippen LogP contribution in [0.1, 0.15) is 21.9 Å². The van der Waals surface area contributed by atoms with Crippen molar-refractivity contribution in [2.45, 2.75) is 22.4 Å². The number of alkyl halides is 3. The number of thioether (sulfide) groups is 1. The number of carbonyl (C=O) groups is 3. The number of benzene rings is 3. The number of H-pyrrole nitrogens is 1. The summed E-state index contributed by atoms with van der Waals surface area (Å²) >= 11 is 2.02. The number of halogens is 4. The van der Waals surface area contributed by atoms with E-state index in [1.165, 1.54) is 24.3 Å². The minimum absolute atomic E-state index is 0.0482. The van der Waals surface area contributed by atoms with Crippen molar-refractivity contribution < 1.29 is 36.7 Å². The largest absolute Gasteiger partial charge is 0.484 e. The van der Waals surface area contributed by atoms with Crippen molar-refractivity contribution in [3.05, 3.63) is 104 Å². The third-order valence-electron chi connectivity index (χ3n) is 6.97. The highest BCUT2D eigenvalue weighted by Gasteiger charge is 2.56. The molecule has 220 valence electrons. The SMILES string of the molecule is O=C(COc1cccc([C@H]2c3sc(=O)[nH]c3SC3C(=O)N(c4ccc(F)cc4)C(=O)C32)c1)Nc1cccc(C(F)(F)F)c1. The number of ether oxygens (including phenoxy) is 1. The molecule has 14 heteroatoms. The number of anilines is 2. The number of nitrogens with one attached hydrogen (secondary N) is 2. The zero-order valence-electron chi connectivity index (χ0n) is 21.7. The number of amides is 3. The molecule has 2 aliphatic rings. The molecule has 3 aromatic carbocycles. The van der Waals surface area contributed by atoms with Crippen molar-refractivity contribution in [2.24, 2.45) is 5.92 Å². The molecule has 2 aliphatic heterocycles. The number of rotatable bonds is 6. The van der Waals surface area contributed by atoms with Gasteiger partial charge in [0.05, 0.1) is 22.2 Å². The summed E-state index contributed by atoms with van der Waals surface area (Å²) in [7, 11) is 0. The Morgan fingerprint density at radius 3 is 2.47 bits per heavy atom. The number of imide groups is 1. The monoisotopic (exact) mass is 629 g/mol. The molecule has 6 rings (SSSR count). The Morgan fingerprint density at radius 2 is 1.72 bits per heavy atom. The van der Waals surface area contributed by atoms with Crippen LogP contribution in [0.5, 0.6) is 5.75 Å². The molecule has 3 heterocycles. The van der Waals surface area contributed by atoms with Gasteiger partial charge in [-0.3, -0.25) is 19.2 Å². The van der Waals surface area contributed by atoms with Gasteiger partial charge >= 0.3 is 11.0 Å². The molecule has 3 atom stereocenters. The molecular formula is C29H19F4N3O5S2. The average Bonchev–Trinajstić information content (AvgIpc) is 3.46. The Hall–Kier alpha value is -4.43. The first-order chi connectivity index (χ1) is 20.5. The number of fused-ring (bicyclic) bond motifs is 2. The summed E-state index contributed by atoms with van der Waals surface area (Å²) in [6.07, 6.45) is -4.57. The predicted octanol–water partition coefficient (Wildman–Crippen LogP) is 5.41. The van der Waals surface area contributed by atoms with E-state index in [0.717, 1.165) is 52.3 Å². The summed E-state index contributed by atoms with van der Waals surface area (Å²) in [4.78, 5) is 56.0. The van der Waals surface area contributed by atoms with Gasteiger partial charge < -0.3 is 15.0 Å². The molecule has 3 amide bonds. The van der Waals surface area contributed by atoms with Crippen molar-refractivity contribution >= 4 is 52.2 Å². The fourth-order valence-electron chi connectivity index (χ4n) is 5.14. The van der Waals surface area contributed by atoms with E-state index in [0.29, 0.717) is 15.5 Å². The van der Waals surface area contributed by atoms with Gasteiger partial charge in [0.25, 0.3) is 5.91 Å². The Bertz CT molecular complexity index is 1800. The number of aromatic amines is 1. The molecule has 2 N–H and O–H groups in total. The second-order valence-corrected chi connectivity index (χ2v) is 11.9. The molecule has 0 bridgehead atoms. The van der Waals surface area contributed by atoms with Crippen LogP contribution in [0.15, 0.2) is 82.6 Å². The second kappa shape index (κ2) is 11.0. The van der Waals surface area contributed by atoms with E-state index in [2.05, 4.69) is 10.3 Å². The molecule has 0 saturated carbocycles. The first kappa shape index (κ1) is 28.7. The lowest BCUT2D eigenvalue weighted by molar-refractivity contribution is -0.137. The van der Waals surface area contributed by atoms with Crippen LogP contribution in [-0.4, -0.2) is 34.6 Å². The summed E-state index contributed by atoms with van der Waals surface area (Å²) < 4.78 is 58.1. The molecule has 4 aromatic rings. The van der Waals surface area contributed by atoms with Gasteiger partial charge in [0.1, 0.15) is 16.8 Å². The number of nitrogens with zero attached hydrogens (tertiary/aromatic N) is 1. The third-order valence-corrected chi connectivity index (χ3v) is 9.37. The molecule has 1 fully saturated rings. The van der Waals surface area contributed by atoms with Gasteiger partial charge in [-0.25, -0.2) is 9.29 Å². The maximum Gasteiger partial charge on any atom is 0.416 e. The Labute approximate surface area is 248 Å². The van der Waals surface area contributed by atoms with Gasteiger partial charge in [0.2, 0.25) is 11.8 Å². The Kier molecular flexibility index (Phi) is 7.34. The highest BCUT2D eigenvalue weighted by Crippen LogP contribution is 2.53. The lowest BCUT2D eigenvalue weighted by Gasteiger charge is -2.30. The Balaban J connectivity index is 1.25. The first-order valence-electron chi connectivity index (χ1n) is 12.7. The summed E-state index contributed by atoms with van der Waals surface area (Å²) in [5, 5.41) is 1.98. The molecule has 43 heavy (non-hydrogen) atoms. The normalized spacial score (nSPS) is 19.6. The van der Waals surface area contributed by atoms with Crippen LogP contribution in [0, 0.1) is 11.7 Å². The van der Waals surface area contributed by atoms with Crippen molar-refractivity contribution in [3.63, 3.8) is 0 Å². The molecule has 0 aliphatic carbocycles. The molecule has 1 saturated heterocycles. The lowest BCUT2D eigenvalue weighted by Crippen LogP contribution is -2.32. The molecule has 0 radical (unpaired) electrons. The maximum absolute atomic E-state index is 13.8. The van der Waals surface area contributed by atoms with Crippen LogP contribution < -0.4 is 19.8 Å². The van der Waals surface area contributed by atoms with E-state index in [-0.39, 0.29) is 22.0 Å². The number of hydrogen-bond acceptors (Lipinski definition) is 7. The van der Waals surface area contributed by atoms with E-state index < -0.39 is 59.0 Å². The van der Waals surface area contributed by atoms with Gasteiger partial charge in [-0.2, -0.15) is 13.2 Å². The van der Waals surface area contributed by atoms with E-state index in [9.17, 15) is 36.7 Å². The summed E-state index contributed by atoms with van der Waals surface area (Å²) in [5.41, 5.74) is -0.185. The standard InChI is InChI=1S/C29H19F4N3O5S2/c30-16-7-9-18(10-8-16)36-26(38)22-21(23-25(35-28(40)43-23)42-24(22)27(36)39)14-3-1-6-19(11-14)41-13-20(37)34-17-5-2-4-15(12-17)29(31,32)33/h1-12,21-22,24H,13H2,(H,34,37)(H,35,40)/t21-,22?,24?/m1/s1. The molecule has 0 spiro atoms. The topological polar surface area (TPSA) is 109 Å². The molecule has 8 nitrogen and oxygen atoms in total. The van der Waals surface area contributed by atoms with Gasteiger partial charge in [-0.1, -0.05) is 41.3 Å². The van der Waals surface area contributed by atoms with Crippen LogP contribution in [-0.2, 0) is 20.6 Å². The number of hydrogen-bond donors (Lipinski definition) is 2. The quantitative estimate of drug-likeness (QED) is 0.218. The number of aromatic nitrogens is 1. The van der Waals surface area contributed by atoms with Gasteiger partial charge in [0.15, 0.2) is 6.61 Å². The summed E-state index contributed by atoms with van der Waals surface area (Å²) in [6, 6.07) is 15.7. The molecular weight excluding hydrogens is 610 g/mol. The highest BCUT2D eigenvalue weighted by molar-refractivity contribution is 8.00. The van der Waals surface area contributed by atoms with Crippen LogP contribution in [0.4, 0.5) is 28.9 Å². The minimum Gasteiger partial charge on any atom is -0.484 e. The van der Waals surface area contributed by atoms with Crippen LogP contribution >= 0.6 is 23.1 Å². The van der Waals surface area contributed by atoms with Crippen molar-refractivity contribution in [1.29, 1.82) is 0 Å². The smallest absolute Gasteiger partial charge is 0.416 e. The zero-order valence-corrected chi connectivity index (χ0v) is 23.3. The number of thiazole rings is 1. The summed E-state index contributed by atoms with van der Waals surface area (Å²) in [5.74, 6) is -3.59. The van der Waals surface area contributed by atoms with E-state index in [4.69, 9.17) is 4.74 Å². The molecule has 1 aromatic heterocycles. The van der Waals surface area contributed by atoms with Gasteiger partial charge in [0, 0.05) is 16.5 Å². The van der Waals surface area contributed by atoms with Crippen molar-refractivity contribution in [3.8, 4) is 5.75 Å². The number of carbonyl (C=O) groups excluding carboxylic acids is 3. The van der Waals surface area contributed by atoms with E-state index in [1.807, 2.05) is 0 Å². The van der Waals surface area contributed by atoms with Gasteiger partial charge in [-0.05, 0) is 60.2 Å². The van der Waals surface area contributed by atoms with Crippen LogP contribution in [0.2, 0.25) is 0 Å². The minimum atomic E-state index is -4.57. The van der Waals surface area contributed by atoms with Gasteiger partial charge in [-0.15, -0.1) is 0 Å². The highest BCUT2D eigenvalue weighted by atomic mass is 32.2. The van der Waals surface area contributed by atoms with E-state index >= 15 is 0 Å². The van der Waals surface area contributed by atoms with Crippen LogP contribution in [0.25, 0.3) is 0 Å². The summed E-state index contributed by atoms with van der Waals surface area (Å²) in [6.45, 7) is -0.523. The fraction of sp³-hybridized carbons (Fsp3) is 0.172. The average molecular weight is 630 g/mol. The van der Waals surface area contributed by atoms with Crippen molar-refractivity contribution in [2.75, 3.05) is 16.8 Å². The second-order valence-electron chi connectivity index (χ2n) is 9.73. The Morgan fingerprint density at radius 1 is 0.977 bits per heavy atom. The first-order valence-corrected chi connectivity index (χ1v) is 14.4.